The summed E-state index contributed by atoms with van der Waals surface area (Å²) in [4.78, 5) is 29.1. The van der Waals surface area contributed by atoms with Gasteiger partial charge < -0.3 is 14.4 Å². The molecule has 2 heterocycles. The number of aromatic hydroxyl groups is 1. The number of nitrogens with zero attached hydrogens (tertiary/aromatic N) is 3. The summed E-state index contributed by atoms with van der Waals surface area (Å²) in [6, 6.07) is 17.1. The van der Waals surface area contributed by atoms with Crippen LogP contribution in [0.3, 0.4) is 0 Å². The van der Waals surface area contributed by atoms with Gasteiger partial charge in [0.2, 0.25) is 0 Å². The lowest BCUT2D eigenvalue weighted by molar-refractivity contribution is 0.102. The van der Waals surface area contributed by atoms with E-state index >= 15 is 0 Å². The van der Waals surface area contributed by atoms with Crippen LogP contribution in [0.2, 0.25) is 0 Å². The Kier molecular flexibility index (Phi) is 5.21. The van der Waals surface area contributed by atoms with E-state index in [0.29, 0.717) is 29.4 Å². The number of carbonyl (C=O) groups excluding carboxylic acids is 2. The number of aromatic nitrogens is 2. The highest BCUT2D eigenvalue weighted by molar-refractivity contribution is 6.15. The maximum absolute atomic E-state index is 13.0. The summed E-state index contributed by atoms with van der Waals surface area (Å²) in [7, 11) is 1.59. The minimum absolute atomic E-state index is 0.0303. The molecule has 2 aromatic heterocycles. The molecule has 7 nitrogen and oxygen atoms in total. The second-order valence-corrected chi connectivity index (χ2v) is 6.89. The molecule has 0 fully saturated rings. The van der Waals surface area contributed by atoms with Gasteiger partial charge in [-0.05, 0) is 35.9 Å². The number of nitriles is 1. The highest BCUT2D eigenvalue weighted by atomic mass is 16.5. The van der Waals surface area contributed by atoms with Gasteiger partial charge >= 0.3 is 0 Å². The van der Waals surface area contributed by atoms with E-state index in [9.17, 15) is 20.0 Å². The fourth-order valence-corrected chi connectivity index (χ4v) is 3.44. The van der Waals surface area contributed by atoms with E-state index in [4.69, 9.17) is 4.74 Å². The van der Waals surface area contributed by atoms with Crippen molar-refractivity contribution in [2.45, 2.75) is 6.54 Å². The third-order valence-electron chi connectivity index (χ3n) is 5.02. The monoisotopic (exact) mass is 411 g/mol. The van der Waals surface area contributed by atoms with Crippen molar-refractivity contribution in [3.8, 4) is 17.6 Å². The molecule has 0 unspecified atom stereocenters. The highest BCUT2D eigenvalue weighted by Crippen LogP contribution is 2.27. The van der Waals surface area contributed by atoms with Crippen LogP contribution < -0.4 is 4.74 Å². The number of aldehydes is 1. The molecule has 0 radical (unpaired) electrons. The van der Waals surface area contributed by atoms with Crippen molar-refractivity contribution in [3.05, 3.63) is 88.7 Å². The Morgan fingerprint density at radius 2 is 1.94 bits per heavy atom. The van der Waals surface area contributed by atoms with E-state index in [2.05, 4.69) is 11.1 Å². The molecule has 0 aliphatic rings. The van der Waals surface area contributed by atoms with Crippen molar-refractivity contribution in [1.82, 2.24) is 9.55 Å². The Morgan fingerprint density at radius 1 is 1.19 bits per heavy atom. The average molecular weight is 411 g/mol. The smallest absolute Gasteiger partial charge is 0.199 e. The van der Waals surface area contributed by atoms with Gasteiger partial charge in [-0.25, -0.2) is 4.98 Å². The van der Waals surface area contributed by atoms with E-state index in [1.807, 2.05) is 24.3 Å². The quantitative estimate of drug-likeness (QED) is 0.383. The number of phenols is 1. The lowest BCUT2D eigenvalue weighted by Gasteiger charge is -2.09. The first kappa shape index (κ1) is 19.9. The number of para-hydroxylation sites is 1. The summed E-state index contributed by atoms with van der Waals surface area (Å²) in [5, 5.41) is 20.1. The van der Waals surface area contributed by atoms with Crippen molar-refractivity contribution in [1.29, 1.82) is 5.26 Å². The molecule has 31 heavy (non-hydrogen) atoms. The van der Waals surface area contributed by atoms with Crippen molar-refractivity contribution < 1.29 is 19.4 Å². The van der Waals surface area contributed by atoms with E-state index in [0.717, 1.165) is 11.3 Å². The van der Waals surface area contributed by atoms with E-state index in [-0.39, 0.29) is 22.6 Å². The summed E-state index contributed by atoms with van der Waals surface area (Å²) in [6.45, 7) is 0.417. The molecule has 0 atom stereocenters. The Labute approximate surface area is 177 Å². The Balaban J connectivity index is 1.83. The molecule has 0 aliphatic heterocycles. The topological polar surface area (TPSA) is 105 Å². The Morgan fingerprint density at radius 3 is 2.58 bits per heavy atom. The van der Waals surface area contributed by atoms with Crippen LogP contribution in [0.5, 0.6) is 11.5 Å². The zero-order valence-electron chi connectivity index (χ0n) is 16.6. The van der Waals surface area contributed by atoms with E-state index < -0.39 is 5.78 Å². The molecule has 0 saturated carbocycles. The van der Waals surface area contributed by atoms with Crippen LogP contribution in [0.15, 0.2) is 60.8 Å². The van der Waals surface area contributed by atoms with Gasteiger partial charge in [-0.1, -0.05) is 24.3 Å². The first-order valence-electron chi connectivity index (χ1n) is 9.40. The van der Waals surface area contributed by atoms with Crippen LogP contribution in [0, 0.1) is 11.3 Å². The van der Waals surface area contributed by atoms with Crippen LogP contribution in [-0.4, -0.2) is 33.8 Å². The second-order valence-electron chi connectivity index (χ2n) is 6.89. The van der Waals surface area contributed by atoms with Gasteiger partial charge in [-0.3, -0.25) is 9.59 Å². The lowest BCUT2D eigenvalue weighted by Crippen LogP contribution is -2.09. The van der Waals surface area contributed by atoms with Gasteiger partial charge in [0.05, 0.1) is 23.8 Å². The molecular weight excluding hydrogens is 394 g/mol. The minimum Gasteiger partial charge on any atom is -0.507 e. The van der Waals surface area contributed by atoms with E-state index in [1.165, 1.54) is 18.2 Å². The molecular formula is C24H17N3O4. The van der Waals surface area contributed by atoms with Gasteiger partial charge in [0.15, 0.2) is 12.1 Å². The van der Waals surface area contributed by atoms with Crippen molar-refractivity contribution in [3.63, 3.8) is 0 Å². The molecule has 7 heteroatoms. The highest BCUT2D eigenvalue weighted by Gasteiger charge is 2.21. The lowest BCUT2D eigenvalue weighted by atomic mass is 10.00. The first-order chi connectivity index (χ1) is 15.0. The largest absolute Gasteiger partial charge is 0.507 e. The third-order valence-corrected chi connectivity index (χ3v) is 5.02. The third kappa shape index (κ3) is 3.63. The van der Waals surface area contributed by atoms with Crippen molar-refractivity contribution >= 4 is 23.1 Å². The molecule has 0 amide bonds. The average Bonchev–Trinajstić information content (AvgIpc) is 3.15. The van der Waals surface area contributed by atoms with Gasteiger partial charge in [0.1, 0.15) is 28.9 Å². The SMILES string of the molecule is COc1ccc(Cn2cc(C#N)c3cc(C(=O)c4ccccc4O)c(C=O)nc32)cc1. The fraction of sp³-hybridized carbons (Fsp3) is 0.0833. The number of ketones is 1. The first-order valence-corrected chi connectivity index (χ1v) is 9.40. The maximum atomic E-state index is 13.0. The molecule has 1 N–H and O–H groups in total. The molecule has 4 rings (SSSR count). The number of rotatable bonds is 6. The normalized spacial score (nSPS) is 10.6. The fourth-order valence-electron chi connectivity index (χ4n) is 3.44. The summed E-state index contributed by atoms with van der Waals surface area (Å²) < 4.78 is 6.93. The van der Waals surface area contributed by atoms with Gasteiger partial charge in [-0.2, -0.15) is 5.26 Å². The summed E-state index contributed by atoms with van der Waals surface area (Å²) in [5.41, 5.74) is 1.74. The minimum atomic E-state index is -0.540. The number of methoxy groups -OCH3 is 1. The maximum Gasteiger partial charge on any atom is 0.199 e. The summed E-state index contributed by atoms with van der Waals surface area (Å²) in [6.07, 6.45) is 2.15. The number of hydrogen-bond donors (Lipinski definition) is 1. The Hall–Kier alpha value is -4.44. The van der Waals surface area contributed by atoms with Crippen LogP contribution in [0.1, 0.15) is 37.5 Å². The molecule has 0 saturated heterocycles. The number of phenolic OH excluding ortho intramolecular Hbond substituents is 1. The number of ether oxygens (including phenoxy) is 1. The van der Waals surface area contributed by atoms with Crippen molar-refractivity contribution in [2.75, 3.05) is 7.11 Å². The van der Waals surface area contributed by atoms with Gasteiger partial charge in [0, 0.05) is 18.1 Å². The molecule has 152 valence electrons. The predicted octanol–water partition coefficient (Wildman–Crippen LogP) is 3.71. The van der Waals surface area contributed by atoms with Gasteiger partial charge in [-0.15, -0.1) is 0 Å². The van der Waals surface area contributed by atoms with Crippen LogP contribution in [-0.2, 0) is 6.54 Å². The van der Waals surface area contributed by atoms with Crippen molar-refractivity contribution in [2.24, 2.45) is 0 Å². The summed E-state index contributed by atoms with van der Waals surface area (Å²) >= 11 is 0. The second kappa shape index (κ2) is 8.13. The van der Waals surface area contributed by atoms with Crippen LogP contribution >= 0.6 is 0 Å². The number of fused-ring (bicyclic) bond motifs is 1. The number of benzene rings is 2. The summed E-state index contributed by atoms with van der Waals surface area (Å²) in [5.74, 6) is -0.00376. The van der Waals surface area contributed by atoms with Crippen LogP contribution in [0.4, 0.5) is 0 Å². The number of carbonyl (C=O) groups is 2. The predicted molar refractivity (Wildman–Crippen MR) is 113 cm³/mol. The molecule has 2 aromatic carbocycles. The number of pyridine rings is 1. The van der Waals surface area contributed by atoms with E-state index in [1.54, 1.807) is 30.0 Å². The molecule has 0 spiro atoms. The van der Waals surface area contributed by atoms with Gasteiger partial charge in [0.25, 0.3) is 0 Å². The number of hydrogen-bond acceptors (Lipinski definition) is 6. The zero-order valence-corrected chi connectivity index (χ0v) is 16.6. The Bertz CT molecular complexity index is 1350. The molecule has 0 bridgehead atoms. The zero-order chi connectivity index (χ0) is 22.0. The van der Waals surface area contributed by atoms with Crippen LogP contribution in [0.25, 0.3) is 11.0 Å². The standard InChI is InChI=1S/C24H17N3O4/c1-31-17-8-6-15(7-9-17)12-27-13-16(11-25)19-10-20(21(14-28)26-24(19)27)23(30)18-4-2-3-5-22(18)29/h2-10,13-14,29H,12H2,1H3. The molecule has 4 aromatic rings. The molecule has 0 aliphatic carbocycles.